The zero-order valence-electron chi connectivity index (χ0n) is 14.6. The van der Waals surface area contributed by atoms with Crippen molar-refractivity contribution in [2.45, 2.75) is 63.2 Å². The zero-order valence-corrected chi connectivity index (χ0v) is 14.6. The van der Waals surface area contributed by atoms with Crippen LogP contribution in [0, 0.1) is 0 Å². The minimum absolute atomic E-state index is 0. The molecule has 0 aliphatic heterocycles. The second-order valence-electron chi connectivity index (χ2n) is 5.64. The highest BCUT2D eigenvalue weighted by atomic mass is 16.4. The Bertz CT molecular complexity index is 374. The second kappa shape index (κ2) is 16.2. The number of aliphatic hydroxyl groups excluding tert-OH is 10. The highest BCUT2D eigenvalue weighted by Gasteiger charge is 2.32. The fourth-order valence-corrected chi connectivity index (χ4v) is 1.66. The number of ketones is 1. The molecule has 12 nitrogen and oxygen atoms in total. The molecule has 0 amide bonds. The molecule has 0 saturated heterocycles. The van der Waals surface area contributed by atoms with Gasteiger partial charge in [-0.15, -0.1) is 0 Å². The van der Waals surface area contributed by atoms with Crippen molar-refractivity contribution >= 4 is 5.78 Å². The van der Waals surface area contributed by atoms with E-state index in [9.17, 15) is 9.90 Å². The summed E-state index contributed by atoms with van der Waals surface area (Å²) in [5.41, 5.74) is 0. The fourth-order valence-electron chi connectivity index (χ4n) is 1.66. The second-order valence-corrected chi connectivity index (χ2v) is 5.64. The predicted molar refractivity (Wildman–Crippen MR) is 93.6 cm³/mol. The van der Waals surface area contributed by atoms with Crippen molar-refractivity contribution in [2.75, 3.05) is 26.8 Å². The molecular weight excluding hydrogens is 370 g/mol. The lowest BCUT2D eigenvalue weighted by molar-refractivity contribution is -0.145. The Hall–Kier alpha value is -0.770. The maximum atomic E-state index is 10.5. The maximum Gasteiger partial charge on any atom is 0.160 e. The van der Waals surface area contributed by atoms with Gasteiger partial charge in [0, 0.05) is 6.54 Å². The standard InChI is InChI=1S/C7H17NO5.C7H14O6.CH4/c1-8-2-4(10)6(12)7(13)5(11)3-9;1-3(9)5(11)7(13)6(12)4(10)2-8;/h4-13H,2-3H2,1H3;4-8,10-13H,2H2,1H3;1H4/t4-,5+,6+,7+;4-,5+,6-,7-;/m01./s1. The number of likely N-dealkylation sites (N-methyl/N-ethyl adjacent to an activating group) is 1. The third-order valence-electron chi connectivity index (χ3n) is 3.41. The van der Waals surface area contributed by atoms with Gasteiger partial charge < -0.3 is 56.4 Å². The molecule has 0 unspecified atom stereocenters. The summed E-state index contributed by atoms with van der Waals surface area (Å²) in [6.45, 7) is -0.296. The minimum atomic E-state index is -1.79. The number of rotatable bonds is 11. The minimum Gasteiger partial charge on any atom is -0.394 e. The van der Waals surface area contributed by atoms with Crippen LogP contribution in [0.2, 0.25) is 0 Å². The van der Waals surface area contributed by atoms with E-state index >= 15 is 0 Å². The molecule has 0 aromatic heterocycles. The lowest BCUT2D eigenvalue weighted by atomic mass is 10.0. The number of hydrogen-bond acceptors (Lipinski definition) is 12. The van der Waals surface area contributed by atoms with Crippen molar-refractivity contribution in [1.29, 1.82) is 0 Å². The van der Waals surface area contributed by atoms with Crippen molar-refractivity contribution in [3.63, 3.8) is 0 Å². The van der Waals surface area contributed by atoms with E-state index in [2.05, 4.69) is 5.32 Å². The van der Waals surface area contributed by atoms with Crippen LogP contribution in [0.4, 0.5) is 0 Å². The van der Waals surface area contributed by atoms with E-state index in [1.165, 1.54) is 0 Å². The summed E-state index contributed by atoms with van der Waals surface area (Å²) in [5.74, 6) is -0.725. The van der Waals surface area contributed by atoms with Crippen molar-refractivity contribution in [3.05, 3.63) is 0 Å². The molecule has 0 rings (SSSR count). The first kappa shape index (κ1) is 30.9. The van der Waals surface area contributed by atoms with Crippen LogP contribution in [0.5, 0.6) is 0 Å². The quantitative estimate of drug-likeness (QED) is 0.154. The van der Waals surface area contributed by atoms with Crippen molar-refractivity contribution in [3.8, 4) is 0 Å². The molecule has 0 saturated carbocycles. The van der Waals surface area contributed by atoms with Crippen LogP contribution in [0.15, 0.2) is 0 Å². The van der Waals surface area contributed by atoms with Gasteiger partial charge in [-0.3, -0.25) is 4.79 Å². The van der Waals surface area contributed by atoms with Gasteiger partial charge in [0.25, 0.3) is 0 Å². The summed E-state index contributed by atoms with van der Waals surface area (Å²) >= 11 is 0. The molecule has 12 heteroatoms. The van der Waals surface area contributed by atoms with E-state index < -0.39 is 67.8 Å². The van der Waals surface area contributed by atoms with Gasteiger partial charge in [0.1, 0.15) is 42.7 Å². The van der Waals surface area contributed by atoms with Crippen LogP contribution in [0.25, 0.3) is 0 Å². The molecule has 8 atom stereocenters. The topological polar surface area (TPSA) is 231 Å². The predicted octanol–water partition coefficient (Wildman–Crippen LogP) is -5.71. The normalized spacial score (nSPS) is 19.9. The SMILES string of the molecule is C.CC(=O)[C@H](O)[C@@H](O)[C@H](O)[C@H](O)CO.CNC[C@H](O)[C@@H](O)[C@H](O)[C@H](O)CO. The van der Waals surface area contributed by atoms with E-state index in [0.717, 1.165) is 6.92 Å². The first-order valence-corrected chi connectivity index (χ1v) is 7.77. The van der Waals surface area contributed by atoms with Crippen LogP contribution in [-0.2, 0) is 4.79 Å². The Morgan fingerprint density at radius 2 is 1.07 bits per heavy atom. The average molecular weight is 405 g/mol. The van der Waals surface area contributed by atoms with Gasteiger partial charge in [-0.25, -0.2) is 0 Å². The molecular formula is C15H35NO11. The molecule has 0 aliphatic rings. The van der Waals surface area contributed by atoms with Crippen molar-refractivity contribution in [2.24, 2.45) is 0 Å². The number of Topliss-reactive ketones (excluding diaryl/α,β-unsaturated/α-hetero) is 1. The Morgan fingerprint density at radius 1 is 0.741 bits per heavy atom. The number of aliphatic hydroxyl groups is 10. The van der Waals surface area contributed by atoms with Gasteiger partial charge in [-0.05, 0) is 14.0 Å². The Kier molecular flexibility index (Phi) is 18.6. The highest BCUT2D eigenvalue weighted by molar-refractivity contribution is 5.80. The monoisotopic (exact) mass is 405 g/mol. The fraction of sp³-hybridized carbons (Fsp3) is 0.933. The third-order valence-corrected chi connectivity index (χ3v) is 3.41. The van der Waals surface area contributed by atoms with E-state index in [-0.39, 0.29) is 14.0 Å². The molecule has 27 heavy (non-hydrogen) atoms. The van der Waals surface area contributed by atoms with E-state index in [4.69, 9.17) is 46.0 Å². The molecule has 0 heterocycles. The van der Waals surface area contributed by atoms with Crippen molar-refractivity contribution < 1.29 is 55.9 Å². The Labute approximate surface area is 158 Å². The lowest BCUT2D eigenvalue weighted by Gasteiger charge is -2.25. The molecule has 0 aromatic carbocycles. The molecule has 0 spiro atoms. The highest BCUT2D eigenvalue weighted by Crippen LogP contribution is 2.05. The summed E-state index contributed by atoms with van der Waals surface area (Å²) < 4.78 is 0. The van der Waals surface area contributed by atoms with Gasteiger partial charge in [0.2, 0.25) is 0 Å². The van der Waals surface area contributed by atoms with Crippen LogP contribution in [-0.4, -0.2) is 132 Å². The van der Waals surface area contributed by atoms with Crippen LogP contribution < -0.4 is 5.32 Å². The summed E-state index contributed by atoms with van der Waals surface area (Å²) in [7, 11) is 1.57. The molecule has 0 aromatic rings. The average Bonchev–Trinajstić information content (AvgIpc) is 2.63. The summed E-state index contributed by atoms with van der Waals surface area (Å²) in [5, 5.41) is 91.8. The van der Waals surface area contributed by atoms with E-state index in [0.29, 0.717) is 0 Å². The molecule has 0 aliphatic carbocycles. The van der Waals surface area contributed by atoms with Gasteiger partial charge in [-0.1, -0.05) is 7.43 Å². The van der Waals surface area contributed by atoms with E-state index in [1.54, 1.807) is 7.05 Å². The summed E-state index contributed by atoms with van der Waals surface area (Å²) in [4.78, 5) is 10.5. The largest absolute Gasteiger partial charge is 0.394 e. The summed E-state index contributed by atoms with van der Waals surface area (Å²) in [6.07, 6.45) is -12.5. The third kappa shape index (κ3) is 11.6. The maximum absolute atomic E-state index is 10.5. The van der Waals surface area contributed by atoms with Crippen molar-refractivity contribution in [1.82, 2.24) is 5.32 Å². The number of hydrogen-bond donors (Lipinski definition) is 11. The first-order chi connectivity index (χ1) is 12.0. The van der Waals surface area contributed by atoms with Gasteiger partial charge in [-0.2, -0.15) is 0 Å². The van der Waals surface area contributed by atoms with Crippen LogP contribution in [0.1, 0.15) is 14.4 Å². The smallest absolute Gasteiger partial charge is 0.160 e. The molecule has 11 N–H and O–H groups in total. The zero-order chi connectivity index (χ0) is 21.0. The molecule has 0 fully saturated rings. The molecule has 0 radical (unpaired) electrons. The number of carbonyl (C=O) groups excluding carboxylic acids is 1. The Morgan fingerprint density at radius 3 is 1.37 bits per heavy atom. The van der Waals surface area contributed by atoms with Gasteiger partial charge in [0.15, 0.2) is 5.78 Å². The van der Waals surface area contributed by atoms with Gasteiger partial charge in [0.05, 0.1) is 19.3 Å². The van der Waals surface area contributed by atoms with Crippen LogP contribution in [0.3, 0.4) is 0 Å². The van der Waals surface area contributed by atoms with Crippen LogP contribution >= 0.6 is 0 Å². The summed E-state index contributed by atoms with van der Waals surface area (Å²) in [6, 6.07) is 0. The molecule has 166 valence electrons. The lowest BCUT2D eigenvalue weighted by Crippen LogP contribution is -2.48. The number of nitrogens with one attached hydrogen (secondary N) is 1. The first-order valence-electron chi connectivity index (χ1n) is 7.77. The van der Waals surface area contributed by atoms with E-state index in [1.807, 2.05) is 0 Å². The van der Waals surface area contributed by atoms with Gasteiger partial charge >= 0.3 is 0 Å². The molecule has 0 bridgehead atoms. The Balaban J connectivity index is -0.000000411. The number of carbonyl (C=O) groups is 1.